The minimum Gasteiger partial charge on any atom is -0.388 e. The standard InChI is InChI=1S/C11H16BrNO/c1-7-5-9(10(14)3-4-13)6-8(2)11(7)12/h5-6,10,14H,3-4,13H2,1-2H3/t10-/m0/s1. The lowest BCUT2D eigenvalue weighted by Crippen LogP contribution is -2.07. The third-order valence-electron chi connectivity index (χ3n) is 2.28. The number of halogens is 1. The Morgan fingerprint density at radius 3 is 2.29 bits per heavy atom. The van der Waals surface area contributed by atoms with Gasteiger partial charge in [0.25, 0.3) is 0 Å². The van der Waals surface area contributed by atoms with Gasteiger partial charge in [0.1, 0.15) is 0 Å². The Labute approximate surface area is 93.3 Å². The van der Waals surface area contributed by atoms with Crippen molar-refractivity contribution in [3.05, 3.63) is 33.3 Å². The Bertz CT molecular complexity index is 302. The molecule has 2 nitrogen and oxygen atoms in total. The molecule has 3 heteroatoms. The van der Waals surface area contributed by atoms with Crippen molar-refractivity contribution in [1.82, 2.24) is 0 Å². The molecule has 0 bridgehead atoms. The van der Waals surface area contributed by atoms with Crippen LogP contribution in [0.2, 0.25) is 0 Å². The monoisotopic (exact) mass is 257 g/mol. The summed E-state index contributed by atoms with van der Waals surface area (Å²) in [5, 5.41) is 9.76. The predicted molar refractivity (Wildman–Crippen MR) is 62.2 cm³/mol. The van der Waals surface area contributed by atoms with Gasteiger partial charge in [0.15, 0.2) is 0 Å². The van der Waals surface area contributed by atoms with Gasteiger partial charge in [-0.25, -0.2) is 0 Å². The number of aliphatic hydroxyl groups is 1. The Balaban J connectivity index is 3.00. The van der Waals surface area contributed by atoms with Crippen molar-refractivity contribution >= 4 is 15.9 Å². The molecule has 0 spiro atoms. The molecule has 0 amide bonds. The Morgan fingerprint density at radius 1 is 1.36 bits per heavy atom. The largest absolute Gasteiger partial charge is 0.388 e. The minimum atomic E-state index is -0.439. The molecule has 0 aliphatic carbocycles. The van der Waals surface area contributed by atoms with E-state index < -0.39 is 6.10 Å². The zero-order valence-corrected chi connectivity index (χ0v) is 10.1. The van der Waals surface area contributed by atoms with Gasteiger partial charge in [-0.15, -0.1) is 0 Å². The van der Waals surface area contributed by atoms with E-state index in [0.29, 0.717) is 13.0 Å². The zero-order chi connectivity index (χ0) is 10.7. The molecule has 1 aromatic carbocycles. The maximum Gasteiger partial charge on any atom is 0.0802 e. The number of aryl methyl sites for hydroxylation is 2. The van der Waals surface area contributed by atoms with E-state index in [4.69, 9.17) is 5.73 Å². The number of benzene rings is 1. The fourth-order valence-electron chi connectivity index (χ4n) is 1.50. The smallest absolute Gasteiger partial charge is 0.0802 e. The van der Waals surface area contributed by atoms with Crippen molar-refractivity contribution in [2.45, 2.75) is 26.4 Å². The highest BCUT2D eigenvalue weighted by Crippen LogP contribution is 2.26. The third kappa shape index (κ3) is 2.56. The summed E-state index contributed by atoms with van der Waals surface area (Å²) >= 11 is 3.50. The van der Waals surface area contributed by atoms with E-state index in [9.17, 15) is 5.11 Å². The molecule has 14 heavy (non-hydrogen) atoms. The van der Waals surface area contributed by atoms with Crippen LogP contribution >= 0.6 is 15.9 Å². The molecule has 0 radical (unpaired) electrons. The first-order valence-corrected chi connectivity index (χ1v) is 5.50. The van der Waals surface area contributed by atoms with Gasteiger partial charge in [-0.2, -0.15) is 0 Å². The van der Waals surface area contributed by atoms with Crippen molar-refractivity contribution in [1.29, 1.82) is 0 Å². The van der Waals surface area contributed by atoms with Gasteiger partial charge in [-0.1, -0.05) is 28.1 Å². The summed E-state index contributed by atoms with van der Waals surface area (Å²) in [6.07, 6.45) is 0.172. The summed E-state index contributed by atoms with van der Waals surface area (Å²) in [5.41, 5.74) is 8.65. The van der Waals surface area contributed by atoms with Crippen LogP contribution in [0.3, 0.4) is 0 Å². The molecule has 1 rings (SSSR count). The summed E-state index contributed by atoms with van der Waals surface area (Å²) in [5.74, 6) is 0. The van der Waals surface area contributed by atoms with Gasteiger partial charge in [0.05, 0.1) is 6.10 Å². The number of hydrogen-bond donors (Lipinski definition) is 2. The maximum absolute atomic E-state index is 9.76. The molecule has 78 valence electrons. The van der Waals surface area contributed by atoms with Crippen LogP contribution in [0, 0.1) is 13.8 Å². The van der Waals surface area contributed by atoms with Crippen LogP contribution in [0.4, 0.5) is 0 Å². The molecule has 0 saturated carbocycles. The first kappa shape index (κ1) is 11.7. The van der Waals surface area contributed by atoms with Gasteiger partial charge < -0.3 is 10.8 Å². The summed E-state index contributed by atoms with van der Waals surface area (Å²) in [6.45, 7) is 4.56. The molecule has 0 heterocycles. The fourth-order valence-corrected chi connectivity index (χ4v) is 1.73. The van der Waals surface area contributed by atoms with E-state index in [0.717, 1.165) is 21.2 Å². The molecule has 0 saturated heterocycles. The Hall–Kier alpha value is -0.380. The number of rotatable bonds is 3. The van der Waals surface area contributed by atoms with E-state index in [1.165, 1.54) is 0 Å². The van der Waals surface area contributed by atoms with Gasteiger partial charge >= 0.3 is 0 Å². The molecular weight excluding hydrogens is 242 g/mol. The Kier molecular flexibility index (Phi) is 4.11. The summed E-state index contributed by atoms with van der Waals surface area (Å²) in [6, 6.07) is 3.99. The van der Waals surface area contributed by atoms with Crippen molar-refractivity contribution < 1.29 is 5.11 Å². The second kappa shape index (κ2) is 4.91. The van der Waals surface area contributed by atoms with Crippen LogP contribution in [0.25, 0.3) is 0 Å². The zero-order valence-electron chi connectivity index (χ0n) is 8.55. The van der Waals surface area contributed by atoms with Crippen molar-refractivity contribution in [3.63, 3.8) is 0 Å². The minimum absolute atomic E-state index is 0.439. The van der Waals surface area contributed by atoms with Gasteiger partial charge in [-0.3, -0.25) is 0 Å². The lowest BCUT2D eigenvalue weighted by Gasteiger charge is -2.13. The molecule has 0 aliphatic heterocycles. The van der Waals surface area contributed by atoms with E-state index in [1.807, 2.05) is 26.0 Å². The second-order valence-corrected chi connectivity index (χ2v) is 4.35. The number of aliphatic hydroxyl groups excluding tert-OH is 1. The topological polar surface area (TPSA) is 46.2 Å². The molecule has 0 aromatic heterocycles. The molecule has 1 atom stereocenters. The molecule has 1 aromatic rings. The van der Waals surface area contributed by atoms with Crippen molar-refractivity contribution in [3.8, 4) is 0 Å². The van der Waals surface area contributed by atoms with Crippen molar-refractivity contribution in [2.75, 3.05) is 6.54 Å². The molecule has 3 N–H and O–H groups in total. The van der Waals surface area contributed by atoms with Gasteiger partial charge in [0.2, 0.25) is 0 Å². The number of hydrogen-bond acceptors (Lipinski definition) is 2. The SMILES string of the molecule is Cc1cc([C@@H](O)CCN)cc(C)c1Br. The summed E-state index contributed by atoms with van der Waals surface area (Å²) < 4.78 is 1.11. The lowest BCUT2D eigenvalue weighted by molar-refractivity contribution is 0.170. The Morgan fingerprint density at radius 2 is 1.86 bits per heavy atom. The van der Waals surface area contributed by atoms with Crippen LogP contribution in [0.15, 0.2) is 16.6 Å². The third-order valence-corrected chi connectivity index (χ3v) is 3.53. The van der Waals surface area contributed by atoms with E-state index in [2.05, 4.69) is 15.9 Å². The molecule has 0 unspecified atom stereocenters. The van der Waals surface area contributed by atoms with Crippen LogP contribution in [0.5, 0.6) is 0 Å². The van der Waals surface area contributed by atoms with Gasteiger partial charge in [-0.05, 0) is 43.5 Å². The highest BCUT2D eigenvalue weighted by molar-refractivity contribution is 9.10. The van der Waals surface area contributed by atoms with Gasteiger partial charge in [0, 0.05) is 4.47 Å². The summed E-state index contributed by atoms with van der Waals surface area (Å²) in [4.78, 5) is 0. The van der Waals surface area contributed by atoms with Crippen LogP contribution < -0.4 is 5.73 Å². The molecule has 0 aliphatic rings. The van der Waals surface area contributed by atoms with Crippen LogP contribution in [-0.4, -0.2) is 11.7 Å². The van der Waals surface area contributed by atoms with Crippen LogP contribution in [-0.2, 0) is 0 Å². The predicted octanol–water partition coefficient (Wildman–Crippen LogP) is 2.45. The van der Waals surface area contributed by atoms with Crippen molar-refractivity contribution in [2.24, 2.45) is 5.73 Å². The normalized spacial score (nSPS) is 12.9. The molecular formula is C11H16BrNO. The lowest BCUT2D eigenvalue weighted by atomic mass is 10.0. The highest BCUT2D eigenvalue weighted by Gasteiger charge is 2.09. The van der Waals surface area contributed by atoms with Crippen LogP contribution in [0.1, 0.15) is 29.2 Å². The number of nitrogens with two attached hydrogens (primary N) is 1. The maximum atomic E-state index is 9.76. The quantitative estimate of drug-likeness (QED) is 0.874. The average molecular weight is 258 g/mol. The average Bonchev–Trinajstić information content (AvgIpc) is 2.13. The van der Waals surface area contributed by atoms with E-state index >= 15 is 0 Å². The summed E-state index contributed by atoms with van der Waals surface area (Å²) in [7, 11) is 0. The first-order chi connectivity index (χ1) is 6.56. The van der Waals surface area contributed by atoms with E-state index in [-0.39, 0.29) is 0 Å². The highest BCUT2D eigenvalue weighted by atomic mass is 79.9. The van der Waals surface area contributed by atoms with E-state index in [1.54, 1.807) is 0 Å². The molecule has 0 fully saturated rings. The second-order valence-electron chi connectivity index (χ2n) is 3.56. The first-order valence-electron chi connectivity index (χ1n) is 4.71. The fraction of sp³-hybridized carbons (Fsp3) is 0.455.